The molecule has 0 aliphatic rings. The highest BCUT2D eigenvalue weighted by Crippen LogP contribution is 2.23. The van der Waals surface area contributed by atoms with Crippen LogP contribution in [0.2, 0.25) is 0 Å². The molecule has 156 valence electrons. The Hall–Kier alpha value is -4.52. The van der Waals surface area contributed by atoms with Crippen molar-refractivity contribution in [3.8, 4) is 17.4 Å². The Labute approximate surface area is 184 Å². The molecule has 0 spiro atoms. The van der Waals surface area contributed by atoms with Gasteiger partial charge in [-0.05, 0) is 40.6 Å². The van der Waals surface area contributed by atoms with Gasteiger partial charge in [-0.25, -0.2) is 15.0 Å². The topological polar surface area (TPSA) is 81.9 Å². The second-order valence-corrected chi connectivity index (χ2v) is 7.17. The molecular formula is C25H19N5O2. The van der Waals surface area contributed by atoms with Gasteiger partial charge < -0.3 is 10.1 Å². The van der Waals surface area contributed by atoms with Crippen molar-refractivity contribution in [2.45, 2.75) is 6.42 Å². The Kier molecular flexibility index (Phi) is 5.28. The molecule has 0 radical (unpaired) electrons. The standard InChI is InChI=1S/C25H19N5O2/c31-24(14-19-6-3-5-18-4-1-2-7-22(18)19)29-20-8-10-21(11-9-20)32-25-15-23(27-16-28-25)30-13-12-26-17-30/h1-13,15-17H,14H2,(H,29,31). The summed E-state index contributed by atoms with van der Waals surface area (Å²) >= 11 is 0. The lowest BCUT2D eigenvalue weighted by Gasteiger charge is -2.09. The number of benzene rings is 3. The van der Waals surface area contributed by atoms with Gasteiger partial charge in [0, 0.05) is 24.1 Å². The molecule has 0 unspecified atom stereocenters. The number of carbonyl (C=O) groups is 1. The molecule has 5 rings (SSSR count). The number of hydrogen-bond donors (Lipinski definition) is 1. The van der Waals surface area contributed by atoms with E-state index in [4.69, 9.17) is 4.74 Å². The van der Waals surface area contributed by atoms with Gasteiger partial charge in [-0.3, -0.25) is 9.36 Å². The molecule has 1 amide bonds. The van der Waals surface area contributed by atoms with Gasteiger partial charge in [0.1, 0.15) is 24.2 Å². The summed E-state index contributed by atoms with van der Waals surface area (Å²) in [5.41, 5.74) is 1.70. The van der Waals surface area contributed by atoms with E-state index in [2.05, 4.69) is 20.3 Å². The van der Waals surface area contributed by atoms with Crippen LogP contribution in [0.25, 0.3) is 16.6 Å². The molecule has 0 bridgehead atoms. The van der Waals surface area contributed by atoms with E-state index in [0.717, 1.165) is 16.3 Å². The number of nitrogens with one attached hydrogen (secondary N) is 1. The number of rotatable bonds is 6. The van der Waals surface area contributed by atoms with Crippen molar-refractivity contribution < 1.29 is 9.53 Å². The maximum absolute atomic E-state index is 12.6. The van der Waals surface area contributed by atoms with Gasteiger partial charge in [-0.15, -0.1) is 0 Å². The minimum Gasteiger partial charge on any atom is -0.439 e. The number of aromatic nitrogens is 4. The van der Waals surface area contributed by atoms with Crippen LogP contribution in [-0.4, -0.2) is 25.4 Å². The molecule has 0 fully saturated rings. The third-order valence-electron chi connectivity index (χ3n) is 4.99. The Balaban J connectivity index is 1.24. The number of hydrogen-bond acceptors (Lipinski definition) is 5. The molecule has 2 heterocycles. The number of fused-ring (bicyclic) bond motifs is 1. The van der Waals surface area contributed by atoms with Crippen molar-refractivity contribution in [2.75, 3.05) is 5.32 Å². The summed E-state index contributed by atoms with van der Waals surface area (Å²) < 4.78 is 7.59. The second-order valence-electron chi connectivity index (χ2n) is 7.17. The molecule has 0 atom stereocenters. The van der Waals surface area contributed by atoms with E-state index in [9.17, 15) is 4.79 Å². The summed E-state index contributed by atoms with van der Waals surface area (Å²) in [5, 5.41) is 5.16. The Morgan fingerprint density at radius 1 is 0.969 bits per heavy atom. The third kappa shape index (κ3) is 4.32. The summed E-state index contributed by atoms with van der Waals surface area (Å²) in [7, 11) is 0. The predicted molar refractivity (Wildman–Crippen MR) is 122 cm³/mol. The largest absolute Gasteiger partial charge is 0.439 e. The number of carbonyl (C=O) groups excluding carboxylic acids is 1. The van der Waals surface area contributed by atoms with Crippen LogP contribution < -0.4 is 10.1 Å². The zero-order chi connectivity index (χ0) is 21.8. The van der Waals surface area contributed by atoms with Gasteiger partial charge in [0.2, 0.25) is 11.8 Å². The van der Waals surface area contributed by atoms with Gasteiger partial charge in [0.15, 0.2) is 0 Å². The molecule has 2 aromatic heterocycles. The van der Waals surface area contributed by atoms with Gasteiger partial charge in [-0.2, -0.15) is 0 Å². The lowest BCUT2D eigenvalue weighted by molar-refractivity contribution is -0.115. The number of anilines is 1. The van der Waals surface area contributed by atoms with Crippen LogP contribution in [0.5, 0.6) is 11.6 Å². The van der Waals surface area contributed by atoms with E-state index in [0.29, 0.717) is 29.6 Å². The minimum atomic E-state index is -0.0733. The van der Waals surface area contributed by atoms with E-state index in [1.54, 1.807) is 53.6 Å². The van der Waals surface area contributed by atoms with Crippen LogP contribution in [0.15, 0.2) is 97.8 Å². The molecular weight excluding hydrogens is 402 g/mol. The van der Waals surface area contributed by atoms with E-state index in [-0.39, 0.29) is 5.91 Å². The fourth-order valence-corrected chi connectivity index (χ4v) is 3.47. The Bertz CT molecular complexity index is 1360. The molecule has 0 saturated heterocycles. The van der Waals surface area contributed by atoms with Crippen molar-refractivity contribution in [2.24, 2.45) is 0 Å². The van der Waals surface area contributed by atoms with Gasteiger partial charge >= 0.3 is 0 Å². The van der Waals surface area contributed by atoms with Crippen molar-refractivity contribution in [1.82, 2.24) is 19.5 Å². The van der Waals surface area contributed by atoms with Crippen LogP contribution in [-0.2, 0) is 11.2 Å². The maximum atomic E-state index is 12.6. The molecule has 0 aliphatic heterocycles. The zero-order valence-corrected chi connectivity index (χ0v) is 17.1. The van der Waals surface area contributed by atoms with Crippen LogP contribution in [0.4, 0.5) is 5.69 Å². The highest BCUT2D eigenvalue weighted by Gasteiger charge is 2.08. The van der Waals surface area contributed by atoms with Crippen LogP contribution in [0, 0.1) is 0 Å². The summed E-state index contributed by atoms with van der Waals surface area (Å²) in [5.74, 6) is 1.60. The Morgan fingerprint density at radius 2 is 1.81 bits per heavy atom. The van der Waals surface area contributed by atoms with Gasteiger partial charge in [0.05, 0.1) is 6.42 Å². The number of nitrogens with zero attached hydrogens (tertiary/aromatic N) is 4. The van der Waals surface area contributed by atoms with Crippen molar-refractivity contribution in [1.29, 1.82) is 0 Å². The molecule has 7 nitrogen and oxygen atoms in total. The highest BCUT2D eigenvalue weighted by atomic mass is 16.5. The second kappa shape index (κ2) is 8.69. The highest BCUT2D eigenvalue weighted by molar-refractivity contribution is 5.96. The molecule has 0 aliphatic carbocycles. The maximum Gasteiger partial charge on any atom is 0.228 e. The molecule has 5 aromatic rings. The van der Waals surface area contributed by atoms with E-state index in [1.165, 1.54) is 6.33 Å². The van der Waals surface area contributed by atoms with Crippen LogP contribution in [0.3, 0.4) is 0 Å². The fourth-order valence-electron chi connectivity index (χ4n) is 3.47. The number of amides is 1. The first-order chi connectivity index (χ1) is 15.7. The molecule has 0 saturated carbocycles. The smallest absolute Gasteiger partial charge is 0.228 e. The first kappa shape index (κ1) is 19.4. The van der Waals surface area contributed by atoms with Crippen LogP contribution in [0.1, 0.15) is 5.56 Å². The molecule has 32 heavy (non-hydrogen) atoms. The zero-order valence-electron chi connectivity index (χ0n) is 17.1. The van der Waals surface area contributed by atoms with Crippen molar-refractivity contribution >= 4 is 22.4 Å². The molecule has 1 N–H and O–H groups in total. The lowest BCUT2D eigenvalue weighted by Crippen LogP contribution is -2.14. The predicted octanol–water partition coefficient (Wildman–Crippen LogP) is 4.79. The molecule has 3 aromatic carbocycles. The van der Waals surface area contributed by atoms with Gasteiger partial charge in [-0.1, -0.05) is 42.5 Å². The SMILES string of the molecule is O=C(Cc1cccc2ccccc12)Nc1ccc(Oc2cc(-n3ccnc3)ncn2)cc1. The van der Waals surface area contributed by atoms with Crippen molar-refractivity contribution in [3.63, 3.8) is 0 Å². The normalized spacial score (nSPS) is 10.8. The average Bonchev–Trinajstić information content (AvgIpc) is 3.36. The fraction of sp³-hybridized carbons (Fsp3) is 0.0400. The lowest BCUT2D eigenvalue weighted by atomic mass is 10.0. The first-order valence-electron chi connectivity index (χ1n) is 10.1. The molecule has 7 heteroatoms. The van der Waals surface area contributed by atoms with E-state index < -0.39 is 0 Å². The summed E-state index contributed by atoms with van der Waals surface area (Å²) in [6.45, 7) is 0. The monoisotopic (exact) mass is 421 g/mol. The third-order valence-corrected chi connectivity index (χ3v) is 4.99. The number of ether oxygens (including phenoxy) is 1. The summed E-state index contributed by atoms with van der Waals surface area (Å²) in [4.78, 5) is 25.0. The van der Waals surface area contributed by atoms with Crippen LogP contribution >= 0.6 is 0 Å². The first-order valence-corrected chi connectivity index (χ1v) is 10.1. The van der Waals surface area contributed by atoms with E-state index >= 15 is 0 Å². The van der Waals surface area contributed by atoms with Gasteiger partial charge in [0.25, 0.3) is 0 Å². The minimum absolute atomic E-state index is 0.0733. The van der Waals surface area contributed by atoms with Crippen molar-refractivity contribution in [3.05, 3.63) is 103 Å². The quantitative estimate of drug-likeness (QED) is 0.426. The summed E-state index contributed by atoms with van der Waals surface area (Å²) in [6, 6.07) is 23.0. The van der Waals surface area contributed by atoms with E-state index in [1.807, 2.05) is 42.5 Å². The summed E-state index contributed by atoms with van der Waals surface area (Å²) in [6.07, 6.45) is 6.86. The average molecular weight is 421 g/mol. The number of imidazole rings is 1. The Morgan fingerprint density at radius 3 is 2.66 bits per heavy atom.